The molecule has 1 aliphatic heterocycles. The third-order valence-corrected chi connectivity index (χ3v) is 3.59. The summed E-state index contributed by atoms with van der Waals surface area (Å²) in [7, 11) is -3.95. The van der Waals surface area contributed by atoms with Crippen molar-refractivity contribution in [3.8, 4) is 0 Å². The number of nitrogens with one attached hydrogen (secondary N) is 1. The molecular formula is C8H10N2O4S. The number of carboxylic acid groups (broad SMARTS) is 1. The number of sulfonamides is 1. The summed E-state index contributed by atoms with van der Waals surface area (Å²) < 4.78 is 25.6. The topological polar surface area (TPSA) is 95.8 Å². The van der Waals surface area contributed by atoms with E-state index in [0.29, 0.717) is 6.04 Å². The summed E-state index contributed by atoms with van der Waals surface area (Å²) in [4.78, 5) is 10.1. The van der Waals surface area contributed by atoms with Crippen LogP contribution in [0.3, 0.4) is 0 Å². The summed E-state index contributed by atoms with van der Waals surface area (Å²) in [5.41, 5.74) is 0.231. The van der Waals surface area contributed by atoms with Gasteiger partial charge in [0.15, 0.2) is 4.91 Å². The van der Waals surface area contributed by atoms with Crippen LogP contribution in [0.25, 0.3) is 0 Å². The molecule has 0 saturated heterocycles. The van der Waals surface area contributed by atoms with Crippen molar-refractivity contribution in [1.29, 1.82) is 0 Å². The first-order valence-corrected chi connectivity index (χ1v) is 5.95. The highest BCUT2D eigenvalue weighted by Gasteiger charge is 2.32. The molecule has 0 aromatic heterocycles. The standard InChI is InChI=1S/C8H10N2O4S/c11-8(12)7-5(3-9-6-1-2-6)4-10-15(7,13)14/h4,6,9H,1-3H2,(H,11,12). The van der Waals surface area contributed by atoms with E-state index in [4.69, 9.17) is 5.11 Å². The molecule has 0 radical (unpaired) electrons. The largest absolute Gasteiger partial charge is 0.477 e. The minimum atomic E-state index is -3.95. The Balaban J connectivity index is 2.21. The molecule has 2 rings (SSSR count). The molecule has 7 heteroatoms. The van der Waals surface area contributed by atoms with Crippen LogP contribution in [0.2, 0.25) is 0 Å². The predicted molar refractivity (Wildman–Crippen MR) is 53.1 cm³/mol. The van der Waals surface area contributed by atoms with Gasteiger partial charge in [0.2, 0.25) is 0 Å². The Bertz CT molecular complexity index is 459. The van der Waals surface area contributed by atoms with Crippen LogP contribution >= 0.6 is 0 Å². The first-order chi connectivity index (χ1) is 7.00. The zero-order valence-corrected chi connectivity index (χ0v) is 8.62. The van der Waals surface area contributed by atoms with Crippen molar-refractivity contribution < 1.29 is 18.3 Å². The zero-order valence-electron chi connectivity index (χ0n) is 7.80. The minimum absolute atomic E-state index is 0.231. The Hall–Kier alpha value is -1.21. The molecule has 0 spiro atoms. The molecule has 0 atom stereocenters. The second-order valence-electron chi connectivity index (χ2n) is 3.52. The Morgan fingerprint density at radius 3 is 2.80 bits per heavy atom. The lowest BCUT2D eigenvalue weighted by Crippen LogP contribution is -2.22. The number of carboxylic acids is 1. The highest BCUT2D eigenvalue weighted by molar-refractivity contribution is 7.95. The molecule has 6 nitrogen and oxygen atoms in total. The molecule has 0 amide bonds. The third-order valence-electron chi connectivity index (χ3n) is 2.25. The first-order valence-electron chi connectivity index (χ1n) is 4.51. The molecule has 15 heavy (non-hydrogen) atoms. The fourth-order valence-corrected chi connectivity index (χ4v) is 2.37. The molecular weight excluding hydrogens is 220 g/mol. The second-order valence-corrected chi connectivity index (χ2v) is 5.09. The maximum absolute atomic E-state index is 11.2. The van der Waals surface area contributed by atoms with Crippen molar-refractivity contribution in [2.24, 2.45) is 4.40 Å². The van der Waals surface area contributed by atoms with E-state index in [2.05, 4.69) is 9.71 Å². The molecule has 1 heterocycles. The van der Waals surface area contributed by atoms with Gasteiger partial charge in [-0.15, -0.1) is 0 Å². The number of hydrogen-bond acceptors (Lipinski definition) is 4. The van der Waals surface area contributed by atoms with E-state index in [1.165, 1.54) is 0 Å². The monoisotopic (exact) mass is 230 g/mol. The fourth-order valence-electron chi connectivity index (χ4n) is 1.33. The van der Waals surface area contributed by atoms with Crippen molar-refractivity contribution in [2.75, 3.05) is 6.54 Å². The first kappa shape index (κ1) is 10.3. The van der Waals surface area contributed by atoms with Gasteiger partial charge < -0.3 is 10.4 Å². The van der Waals surface area contributed by atoms with Crippen LogP contribution in [0.1, 0.15) is 12.8 Å². The van der Waals surface area contributed by atoms with Crippen LogP contribution in [0.4, 0.5) is 0 Å². The summed E-state index contributed by atoms with van der Waals surface area (Å²) in [5.74, 6) is -1.44. The van der Waals surface area contributed by atoms with Crippen molar-refractivity contribution in [3.05, 3.63) is 10.5 Å². The summed E-state index contributed by atoms with van der Waals surface area (Å²) in [6.45, 7) is 0.245. The van der Waals surface area contributed by atoms with E-state index in [9.17, 15) is 13.2 Å². The quantitative estimate of drug-likeness (QED) is 0.678. The van der Waals surface area contributed by atoms with Crippen molar-refractivity contribution in [3.63, 3.8) is 0 Å². The number of nitrogens with zero attached hydrogens (tertiary/aromatic N) is 1. The molecule has 0 unspecified atom stereocenters. The lowest BCUT2D eigenvalue weighted by atomic mass is 10.2. The number of carbonyl (C=O) groups is 1. The highest BCUT2D eigenvalue weighted by Crippen LogP contribution is 2.22. The molecule has 0 aromatic rings. The lowest BCUT2D eigenvalue weighted by Gasteiger charge is -2.02. The zero-order chi connectivity index (χ0) is 11.1. The minimum Gasteiger partial charge on any atom is -0.477 e. The van der Waals surface area contributed by atoms with Crippen molar-refractivity contribution >= 4 is 22.2 Å². The summed E-state index contributed by atoms with van der Waals surface area (Å²) in [5, 5.41) is 11.8. The van der Waals surface area contributed by atoms with Crippen molar-refractivity contribution in [2.45, 2.75) is 18.9 Å². The van der Waals surface area contributed by atoms with Gasteiger partial charge in [-0.05, 0) is 12.8 Å². The van der Waals surface area contributed by atoms with Crippen LogP contribution in [0.15, 0.2) is 14.9 Å². The van der Waals surface area contributed by atoms with Gasteiger partial charge in [-0.1, -0.05) is 0 Å². The van der Waals surface area contributed by atoms with E-state index in [1.54, 1.807) is 0 Å². The SMILES string of the molecule is O=C(O)C1=C(CNC2CC2)C=NS1(=O)=O. The second kappa shape index (κ2) is 3.42. The molecule has 0 aromatic carbocycles. The fraction of sp³-hybridized carbons (Fsp3) is 0.500. The van der Waals surface area contributed by atoms with E-state index in [0.717, 1.165) is 19.1 Å². The number of aliphatic carboxylic acids is 1. The molecule has 82 valence electrons. The summed E-state index contributed by atoms with van der Waals surface area (Å²) in [6, 6.07) is 0.393. The van der Waals surface area contributed by atoms with Gasteiger partial charge in [-0.25, -0.2) is 4.79 Å². The highest BCUT2D eigenvalue weighted by atomic mass is 32.2. The van der Waals surface area contributed by atoms with Gasteiger partial charge in [0.1, 0.15) is 0 Å². The predicted octanol–water partition coefficient (Wildman–Crippen LogP) is -0.509. The maximum Gasteiger partial charge on any atom is 0.349 e. The average molecular weight is 230 g/mol. The molecule has 0 bridgehead atoms. The molecule has 2 aliphatic rings. The molecule has 2 N–H and O–H groups in total. The van der Waals surface area contributed by atoms with Gasteiger partial charge in [-0.3, -0.25) is 0 Å². The van der Waals surface area contributed by atoms with Crippen LogP contribution in [-0.4, -0.2) is 38.3 Å². The normalized spacial score (nSPS) is 23.5. The van der Waals surface area contributed by atoms with Gasteiger partial charge >= 0.3 is 5.97 Å². The number of hydrogen-bond donors (Lipinski definition) is 2. The van der Waals surface area contributed by atoms with Crippen LogP contribution < -0.4 is 5.32 Å². The van der Waals surface area contributed by atoms with Crippen LogP contribution in [0.5, 0.6) is 0 Å². The van der Waals surface area contributed by atoms with Gasteiger partial charge in [-0.2, -0.15) is 12.8 Å². The third kappa shape index (κ3) is 2.07. The Kier molecular flexibility index (Phi) is 2.35. The maximum atomic E-state index is 11.2. The van der Waals surface area contributed by atoms with Crippen molar-refractivity contribution in [1.82, 2.24) is 5.32 Å². The van der Waals surface area contributed by atoms with E-state index in [1.807, 2.05) is 0 Å². The molecule has 1 aliphatic carbocycles. The Morgan fingerprint density at radius 2 is 2.27 bits per heavy atom. The summed E-state index contributed by atoms with van der Waals surface area (Å²) in [6.07, 6.45) is 3.22. The summed E-state index contributed by atoms with van der Waals surface area (Å²) >= 11 is 0. The van der Waals surface area contributed by atoms with Gasteiger partial charge in [0.05, 0.1) is 0 Å². The Labute approximate surface area is 86.8 Å². The van der Waals surface area contributed by atoms with Crippen LogP contribution in [-0.2, 0) is 14.8 Å². The lowest BCUT2D eigenvalue weighted by molar-refractivity contribution is -0.131. The van der Waals surface area contributed by atoms with E-state index >= 15 is 0 Å². The van der Waals surface area contributed by atoms with E-state index in [-0.39, 0.29) is 12.1 Å². The molecule has 1 saturated carbocycles. The van der Waals surface area contributed by atoms with Gasteiger partial charge in [0, 0.05) is 24.4 Å². The van der Waals surface area contributed by atoms with Crippen LogP contribution in [0, 0.1) is 0 Å². The Morgan fingerprint density at radius 1 is 1.60 bits per heavy atom. The average Bonchev–Trinajstić information content (AvgIpc) is 2.87. The smallest absolute Gasteiger partial charge is 0.349 e. The van der Waals surface area contributed by atoms with E-state index < -0.39 is 20.9 Å². The van der Waals surface area contributed by atoms with Gasteiger partial charge in [0.25, 0.3) is 10.0 Å². The number of rotatable bonds is 4. The molecule has 1 fully saturated rings.